The van der Waals surface area contributed by atoms with Gasteiger partial charge in [0.05, 0.1) is 17.2 Å². The van der Waals surface area contributed by atoms with Gasteiger partial charge in [0.15, 0.2) is 9.84 Å². The van der Waals surface area contributed by atoms with Crippen molar-refractivity contribution in [3.05, 3.63) is 59.7 Å². The molecular formula is C18H22N2O5S2. The molecule has 0 heterocycles. The highest BCUT2D eigenvalue weighted by molar-refractivity contribution is 7.92. The van der Waals surface area contributed by atoms with Crippen molar-refractivity contribution in [2.75, 3.05) is 17.2 Å². The first kappa shape index (κ1) is 20.9. The Morgan fingerprint density at radius 2 is 1.48 bits per heavy atom. The lowest BCUT2D eigenvalue weighted by Crippen LogP contribution is -2.28. The van der Waals surface area contributed by atoms with Gasteiger partial charge in [0.1, 0.15) is 0 Å². The van der Waals surface area contributed by atoms with Crippen molar-refractivity contribution in [2.45, 2.75) is 24.3 Å². The van der Waals surface area contributed by atoms with E-state index in [1.807, 2.05) is 6.92 Å². The average Bonchev–Trinajstić information content (AvgIpc) is 2.58. The number of hydrogen-bond donors (Lipinski definition) is 2. The van der Waals surface area contributed by atoms with Crippen LogP contribution in [0.2, 0.25) is 0 Å². The molecule has 9 heteroatoms. The SMILES string of the molecule is CC[C@H](NC(=O)c1ccc(NS(C)(=O)=O)cc1)c1ccc(S(C)(=O)=O)cc1. The summed E-state index contributed by atoms with van der Waals surface area (Å²) >= 11 is 0. The van der Waals surface area contributed by atoms with Crippen LogP contribution < -0.4 is 10.0 Å². The number of anilines is 1. The normalized spacial score (nSPS) is 13.0. The second-order valence-corrected chi connectivity index (χ2v) is 9.99. The number of amides is 1. The highest BCUT2D eigenvalue weighted by atomic mass is 32.2. The number of benzene rings is 2. The van der Waals surface area contributed by atoms with Crippen molar-refractivity contribution in [1.29, 1.82) is 0 Å². The summed E-state index contributed by atoms with van der Waals surface area (Å²) in [5, 5.41) is 2.90. The molecule has 1 amide bonds. The fourth-order valence-electron chi connectivity index (χ4n) is 2.51. The quantitative estimate of drug-likeness (QED) is 0.728. The zero-order valence-corrected chi connectivity index (χ0v) is 16.9. The molecule has 2 aromatic rings. The van der Waals surface area contributed by atoms with Gasteiger partial charge in [-0.2, -0.15) is 0 Å². The molecule has 0 aliphatic rings. The lowest BCUT2D eigenvalue weighted by atomic mass is 10.0. The summed E-state index contributed by atoms with van der Waals surface area (Å²) in [5.41, 5.74) is 1.56. The number of carbonyl (C=O) groups is 1. The van der Waals surface area contributed by atoms with Crippen LogP contribution in [0.15, 0.2) is 53.4 Å². The number of sulfone groups is 1. The van der Waals surface area contributed by atoms with Crippen LogP contribution in [0.4, 0.5) is 5.69 Å². The molecule has 0 fully saturated rings. The van der Waals surface area contributed by atoms with E-state index in [4.69, 9.17) is 0 Å². The van der Waals surface area contributed by atoms with Gasteiger partial charge >= 0.3 is 0 Å². The standard InChI is InChI=1S/C18H22N2O5S2/c1-4-17(13-7-11-16(12-8-13)26(2,22)23)19-18(21)14-5-9-15(10-6-14)20-27(3,24)25/h5-12,17,20H,4H2,1-3H3,(H,19,21)/t17-/m0/s1. The molecule has 0 spiro atoms. The molecular weight excluding hydrogens is 388 g/mol. The lowest BCUT2D eigenvalue weighted by Gasteiger charge is -2.18. The molecule has 146 valence electrons. The molecule has 0 aromatic heterocycles. The van der Waals surface area contributed by atoms with Crippen molar-refractivity contribution >= 4 is 31.5 Å². The van der Waals surface area contributed by atoms with Gasteiger partial charge in [-0.05, 0) is 48.4 Å². The Hall–Kier alpha value is -2.39. The smallest absolute Gasteiger partial charge is 0.251 e. The topological polar surface area (TPSA) is 109 Å². The van der Waals surface area contributed by atoms with E-state index in [-0.39, 0.29) is 16.8 Å². The number of nitrogens with one attached hydrogen (secondary N) is 2. The first-order chi connectivity index (χ1) is 12.5. The van der Waals surface area contributed by atoms with Crippen molar-refractivity contribution in [3.63, 3.8) is 0 Å². The van der Waals surface area contributed by atoms with Crippen LogP contribution in [-0.4, -0.2) is 35.3 Å². The summed E-state index contributed by atoms with van der Waals surface area (Å²) in [4.78, 5) is 12.7. The predicted molar refractivity (Wildman–Crippen MR) is 105 cm³/mol. The van der Waals surface area contributed by atoms with E-state index >= 15 is 0 Å². The molecule has 0 unspecified atom stereocenters. The van der Waals surface area contributed by atoms with Crippen LogP contribution in [-0.2, 0) is 19.9 Å². The molecule has 0 saturated carbocycles. The van der Waals surface area contributed by atoms with Crippen LogP contribution in [0.1, 0.15) is 35.3 Å². The number of hydrogen-bond acceptors (Lipinski definition) is 5. The zero-order chi connectivity index (χ0) is 20.2. The molecule has 2 N–H and O–H groups in total. The second-order valence-electron chi connectivity index (χ2n) is 6.23. The molecule has 0 aliphatic carbocycles. The number of carbonyl (C=O) groups excluding carboxylic acids is 1. The summed E-state index contributed by atoms with van der Waals surface area (Å²) in [6, 6.07) is 12.2. The predicted octanol–water partition coefficient (Wildman–Crippen LogP) is 2.34. The summed E-state index contributed by atoms with van der Waals surface area (Å²) in [7, 11) is -6.65. The van der Waals surface area contributed by atoms with Gasteiger partial charge in [-0.15, -0.1) is 0 Å². The van der Waals surface area contributed by atoms with Crippen LogP contribution in [0.3, 0.4) is 0 Å². The highest BCUT2D eigenvalue weighted by Crippen LogP contribution is 2.20. The largest absolute Gasteiger partial charge is 0.345 e. The summed E-state index contributed by atoms with van der Waals surface area (Å²) in [6.07, 6.45) is 2.82. The van der Waals surface area contributed by atoms with E-state index in [2.05, 4.69) is 10.0 Å². The van der Waals surface area contributed by atoms with E-state index < -0.39 is 19.9 Å². The molecule has 0 saturated heterocycles. The highest BCUT2D eigenvalue weighted by Gasteiger charge is 2.15. The fraction of sp³-hybridized carbons (Fsp3) is 0.278. The van der Waals surface area contributed by atoms with Gasteiger partial charge in [0.2, 0.25) is 10.0 Å². The third-order valence-electron chi connectivity index (χ3n) is 3.87. The van der Waals surface area contributed by atoms with Gasteiger partial charge in [0, 0.05) is 17.5 Å². The fourth-order valence-corrected chi connectivity index (χ4v) is 3.71. The van der Waals surface area contributed by atoms with E-state index in [0.29, 0.717) is 17.7 Å². The second kappa shape index (κ2) is 8.10. The Kier molecular flexibility index (Phi) is 6.27. The van der Waals surface area contributed by atoms with Crippen LogP contribution in [0.25, 0.3) is 0 Å². The number of rotatable bonds is 7. The molecule has 2 aromatic carbocycles. The van der Waals surface area contributed by atoms with Crippen LogP contribution >= 0.6 is 0 Å². The van der Waals surface area contributed by atoms with E-state index in [0.717, 1.165) is 18.1 Å². The summed E-state index contributed by atoms with van der Waals surface area (Å²) in [6.45, 7) is 1.91. The van der Waals surface area contributed by atoms with E-state index in [9.17, 15) is 21.6 Å². The van der Waals surface area contributed by atoms with Gasteiger partial charge in [-0.1, -0.05) is 19.1 Å². The first-order valence-corrected chi connectivity index (χ1v) is 12.0. The minimum absolute atomic E-state index is 0.224. The molecule has 2 rings (SSSR count). The van der Waals surface area contributed by atoms with E-state index in [1.165, 1.54) is 36.4 Å². The van der Waals surface area contributed by atoms with Crippen molar-refractivity contribution in [2.24, 2.45) is 0 Å². The Morgan fingerprint density at radius 3 is 1.93 bits per heavy atom. The van der Waals surface area contributed by atoms with Gasteiger partial charge in [-0.3, -0.25) is 9.52 Å². The minimum atomic E-state index is -3.38. The Morgan fingerprint density at radius 1 is 0.926 bits per heavy atom. The van der Waals surface area contributed by atoms with Crippen LogP contribution in [0.5, 0.6) is 0 Å². The molecule has 27 heavy (non-hydrogen) atoms. The third kappa shape index (κ3) is 6.07. The Bertz CT molecular complexity index is 1010. The van der Waals surface area contributed by atoms with Crippen molar-refractivity contribution < 1.29 is 21.6 Å². The van der Waals surface area contributed by atoms with Gasteiger partial charge in [0.25, 0.3) is 5.91 Å². The summed E-state index contributed by atoms with van der Waals surface area (Å²) < 4.78 is 47.9. The molecule has 0 aliphatic heterocycles. The lowest BCUT2D eigenvalue weighted by molar-refractivity contribution is 0.0935. The maximum atomic E-state index is 12.5. The maximum Gasteiger partial charge on any atom is 0.251 e. The third-order valence-corrected chi connectivity index (χ3v) is 5.61. The summed E-state index contributed by atoms with van der Waals surface area (Å²) in [5.74, 6) is -0.306. The molecule has 0 bridgehead atoms. The Balaban J connectivity index is 2.12. The van der Waals surface area contributed by atoms with Crippen molar-refractivity contribution in [1.82, 2.24) is 5.32 Å². The molecule has 0 radical (unpaired) electrons. The monoisotopic (exact) mass is 410 g/mol. The average molecular weight is 411 g/mol. The number of sulfonamides is 1. The maximum absolute atomic E-state index is 12.5. The zero-order valence-electron chi connectivity index (χ0n) is 15.3. The molecule has 7 nitrogen and oxygen atoms in total. The van der Waals surface area contributed by atoms with Gasteiger partial charge < -0.3 is 5.32 Å². The van der Waals surface area contributed by atoms with E-state index in [1.54, 1.807) is 12.1 Å². The van der Waals surface area contributed by atoms with Gasteiger partial charge in [-0.25, -0.2) is 16.8 Å². The van der Waals surface area contributed by atoms with Crippen LogP contribution in [0, 0.1) is 0 Å². The first-order valence-electron chi connectivity index (χ1n) is 8.18. The minimum Gasteiger partial charge on any atom is -0.345 e. The Labute approximate surface area is 159 Å². The van der Waals surface area contributed by atoms with Crippen molar-refractivity contribution in [3.8, 4) is 0 Å². The molecule has 1 atom stereocenters.